The average Bonchev–Trinajstić information content (AvgIpc) is 2.38. The number of ether oxygens (including phenoxy) is 1. The number of primary amides is 1. The van der Waals surface area contributed by atoms with Crippen LogP contribution in [0.2, 0.25) is 0 Å². The highest BCUT2D eigenvalue weighted by Crippen LogP contribution is 2.14. The molecule has 92 valence electrons. The van der Waals surface area contributed by atoms with Crippen molar-refractivity contribution in [1.82, 2.24) is 10.3 Å². The average molecular weight is 235 g/mol. The van der Waals surface area contributed by atoms with Gasteiger partial charge in [0, 0.05) is 12.3 Å². The van der Waals surface area contributed by atoms with Crippen LogP contribution in [-0.2, 0) is 0 Å². The Hall–Kier alpha value is -1.62. The molecule has 5 nitrogen and oxygen atoms in total. The summed E-state index contributed by atoms with van der Waals surface area (Å²) in [5, 5.41) is 3.31. The van der Waals surface area contributed by atoms with Crippen LogP contribution < -0.4 is 15.8 Å². The number of hydrogen-bond donors (Lipinski definition) is 2. The maximum Gasteiger partial charge on any atom is 0.250 e. The molecule has 1 saturated heterocycles. The fraction of sp³-hybridized carbons (Fsp3) is 0.500. The number of carbonyl (C=O) groups excluding carboxylic acids is 1. The normalized spacial score (nSPS) is 16.7. The van der Waals surface area contributed by atoms with Crippen molar-refractivity contribution < 1.29 is 9.53 Å². The lowest BCUT2D eigenvalue weighted by Crippen LogP contribution is -2.30. The largest absolute Gasteiger partial charge is 0.477 e. The first kappa shape index (κ1) is 11.9. The summed E-state index contributed by atoms with van der Waals surface area (Å²) in [4.78, 5) is 14.9. The van der Waals surface area contributed by atoms with Gasteiger partial charge in [-0.05, 0) is 37.9 Å². The molecular formula is C12H17N3O2. The minimum absolute atomic E-state index is 0.402. The van der Waals surface area contributed by atoms with Crippen molar-refractivity contribution in [2.45, 2.75) is 12.8 Å². The molecule has 17 heavy (non-hydrogen) atoms. The van der Waals surface area contributed by atoms with Crippen LogP contribution in [0.15, 0.2) is 18.3 Å². The Bertz CT molecular complexity index is 372. The molecule has 2 rings (SSSR count). The summed E-state index contributed by atoms with van der Waals surface area (Å²) in [7, 11) is 0. The Morgan fingerprint density at radius 2 is 2.24 bits per heavy atom. The van der Waals surface area contributed by atoms with Gasteiger partial charge in [0.2, 0.25) is 11.8 Å². The molecule has 1 aromatic heterocycles. The maximum absolute atomic E-state index is 10.9. The molecule has 0 spiro atoms. The first-order valence-electron chi connectivity index (χ1n) is 5.85. The Labute approximate surface area is 100 Å². The quantitative estimate of drug-likeness (QED) is 0.799. The van der Waals surface area contributed by atoms with Crippen molar-refractivity contribution >= 4 is 5.91 Å². The maximum atomic E-state index is 10.9. The van der Waals surface area contributed by atoms with Gasteiger partial charge in [-0.15, -0.1) is 0 Å². The summed E-state index contributed by atoms with van der Waals surface area (Å²) in [5.41, 5.74) is 5.53. The zero-order valence-corrected chi connectivity index (χ0v) is 9.69. The van der Waals surface area contributed by atoms with Gasteiger partial charge < -0.3 is 15.8 Å². The van der Waals surface area contributed by atoms with E-state index in [4.69, 9.17) is 10.5 Å². The predicted octanol–water partition coefficient (Wildman–Crippen LogP) is 0.559. The van der Waals surface area contributed by atoms with Crippen LogP contribution >= 0.6 is 0 Å². The number of carbonyl (C=O) groups is 1. The number of nitrogens with two attached hydrogens (primary N) is 1. The van der Waals surface area contributed by atoms with Gasteiger partial charge in [-0.2, -0.15) is 0 Å². The van der Waals surface area contributed by atoms with E-state index >= 15 is 0 Å². The molecular weight excluding hydrogens is 218 g/mol. The highest BCUT2D eigenvalue weighted by molar-refractivity contribution is 5.92. The molecule has 1 aliphatic heterocycles. The van der Waals surface area contributed by atoms with Crippen LogP contribution in [0.4, 0.5) is 0 Å². The summed E-state index contributed by atoms with van der Waals surface area (Å²) in [6.45, 7) is 2.80. The van der Waals surface area contributed by atoms with Crippen molar-refractivity contribution in [1.29, 1.82) is 0 Å². The number of nitrogens with zero attached hydrogens (tertiary/aromatic N) is 1. The van der Waals surface area contributed by atoms with Gasteiger partial charge in [0.1, 0.15) is 0 Å². The number of pyridine rings is 1. The lowest BCUT2D eigenvalue weighted by molar-refractivity contribution is 0.1000. The summed E-state index contributed by atoms with van der Waals surface area (Å²) >= 11 is 0. The monoisotopic (exact) mass is 235 g/mol. The molecule has 1 aliphatic rings. The molecule has 3 N–H and O–H groups in total. The second-order valence-electron chi connectivity index (χ2n) is 4.25. The molecule has 5 heteroatoms. The number of nitrogens with one attached hydrogen (secondary N) is 1. The Kier molecular flexibility index (Phi) is 3.93. The fourth-order valence-corrected chi connectivity index (χ4v) is 1.86. The summed E-state index contributed by atoms with van der Waals surface area (Å²) in [5.74, 6) is 0.671. The van der Waals surface area contributed by atoms with E-state index in [1.54, 1.807) is 12.1 Å². The molecule has 1 aromatic rings. The van der Waals surface area contributed by atoms with E-state index in [1.165, 1.54) is 6.20 Å². The zero-order chi connectivity index (χ0) is 12.1. The van der Waals surface area contributed by atoms with Gasteiger partial charge in [-0.3, -0.25) is 4.79 Å². The van der Waals surface area contributed by atoms with Crippen molar-refractivity contribution in [3.63, 3.8) is 0 Å². The molecule has 0 radical (unpaired) electrons. The third-order valence-corrected chi connectivity index (χ3v) is 2.95. The number of aromatic nitrogens is 1. The molecule has 0 aromatic carbocycles. The number of hydrogen-bond acceptors (Lipinski definition) is 4. The predicted molar refractivity (Wildman–Crippen MR) is 63.8 cm³/mol. The third kappa shape index (κ3) is 3.42. The van der Waals surface area contributed by atoms with Crippen LogP contribution in [0.5, 0.6) is 5.88 Å². The topological polar surface area (TPSA) is 77.2 Å². The summed E-state index contributed by atoms with van der Waals surface area (Å²) < 4.78 is 5.59. The number of amides is 1. The third-order valence-electron chi connectivity index (χ3n) is 2.95. The lowest BCUT2D eigenvalue weighted by Gasteiger charge is -2.22. The van der Waals surface area contributed by atoms with E-state index in [0.717, 1.165) is 25.9 Å². The van der Waals surface area contributed by atoms with E-state index in [0.29, 0.717) is 24.0 Å². The van der Waals surface area contributed by atoms with Gasteiger partial charge in [0.25, 0.3) is 0 Å². The van der Waals surface area contributed by atoms with Crippen molar-refractivity contribution in [3.05, 3.63) is 23.9 Å². The van der Waals surface area contributed by atoms with E-state index < -0.39 is 5.91 Å². The van der Waals surface area contributed by atoms with E-state index in [-0.39, 0.29) is 0 Å². The molecule has 1 fully saturated rings. The van der Waals surface area contributed by atoms with Gasteiger partial charge in [-0.1, -0.05) is 0 Å². The molecule has 0 unspecified atom stereocenters. The molecule has 0 saturated carbocycles. The van der Waals surface area contributed by atoms with Gasteiger partial charge in [0.05, 0.1) is 12.2 Å². The van der Waals surface area contributed by atoms with Crippen LogP contribution in [0.1, 0.15) is 23.2 Å². The molecule has 0 atom stereocenters. The lowest BCUT2D eigenvalue weighted by atomic mass is 9.99. The first-order chi connectivity index (χ1) is 8.25. The fourth-order valence-electron chi connectivity index (χ4n) is 1.86. The Morgan fingerprint density at radius 3 is 2.82 bits per heavy atom. The van der Waals surface area contributed by atoms with E-state index in [2.05, 4.69) is 10.3 Å². The summed E-state index contributed by atoms with van der Waals surface area (Å²) in [6, 6.07) is 3.31. The molecule has 2 heterocycles. The van der Waals surface area contributed by atoms with Crippen LogP contribution in [-0.4, -0.2) is 30.6 Å². The van der Waals surface area contributed by atoms with E-state index in [1.807, 2.05) is 0 Å². The Morgan fingerprint density at radius 1 is 1.47 bits per heavy atom. The smallest absolute Gasteiger partial charge is 0.250 e. The van der Waals surface area contributed by atoms with E-state index in [9.17, 15) is 4.79 Å². The van der Waals surface area contributed by atoms with Crippen molar-refractivity contribution in [2.24, 2.45) is 11.7 Å². The van der Waals surface area contributed by atoms with Crippen molar-refractivity contribution in [3.8, 4) is 5.88 Å². The van der Waals surface area contributed by atoms with Crippen LogP contribution in [0.25, 0.3) is 0 Å². The van der Waals surface area contributed by atoms with Crippen LogP contribution in [0, 0.1) is 5.92 Å². The second-order valence-corrected chi connectivity index (χ2v) is 4.25. The molecule has 1 amide bonds. The standard InChI is InChI=1S/C12H17N3O2/c13-12(16)10-1-2-11(15-7-10)17-8-9-3-5-14-6-4-9/h1-2,7,9,14H,3-6,8H2,(H2,13,16). The highest BCUT2D eigenvalue weighted by atomic mass is 16.5. The number of rotatable bonds is 4. The van der Waals surface area contributed by atoms with Gasteiger partial charge in [-0.25, -0.2) is 4.98 Å². The van der Waals surface area contributed by atoms with Crippen LogP contribution in [0.3, 0.4) is 0 Å². The Balaban J connectivity index is 1.84. The molecule has 0 aliphatic carbocycles. The number of piperidine rings is 1. The summed E-state index contributed by atoms with van der Waals surface area (Å²) in [6.07, 6.45) is 3.72. The minimum Gasteiger partial charge on any atom is -0.477 e. The minimum atomic E-state index is -0.470. The van der Waals surface area contributed by atoms with Gasteiger partial charge in [0.15, 0.2) is 0 Å². The van der Waals surface area contributed by atoms with Gasteiger partial charge >= 0.3 is 0 Å². The highest BCUT2D eigenvalue weighted by Gasteiger charge is 2.13. The SMILES string of the molecule is NC(=O)c1ccc(OCC2CCNCC2)nc1. The first-order valence-corrected chi connectivity index (χ1v) is 5.85. The second kappa shape index (κ2) is 5.63. The molecule has 0 bridgehead atoms. The zero-order valence-electron chi connectivity index (χ0n) is 9.69. The van der Waals surface area contributed by atoms with Crippen molar-refractivity contribution in [2.75, 3.05) is 19.7 Å².